The summed E-state index contributed by atoms with van der Waals surface area (Å²) in [4.78, 5) is 87.4. The lowest BCUT2D eigenvalue weighted by Gasteiger charge is -2.39. The zero-order valence-corrected chi connectivity index (χ0v) is 29.8. The third-order valence-electron chi connectivity index (χ3n) is 11.1. The van der Waals surface area contributed by atoms with Gasteiger partial charge in [-0.05, 0) is 72.8 Å². The summed E-state index contributed by atoms with van der Waals surface area (Å²) >= 11 is 0. The molecule has 0 aromatic carbocycles. The molecular formula is C37H54N6O6. The molecule has 5 rings (SSSR count). The summed E-state index contributed by atoms with van der Waals surface area (Å²) in [6.45, 7) is 12.0. The SMILES string of the molecule is CCC[C@H](NC(=O)[C@@H]1[C@@H]2[C@H](CN1C(=O)[C@@H](NC(=O)[C@@H](NC(=O)c1ccccn1)C1CCCCC1)C(C)(C)C)C2(C)C)C(=O)C(=O)NC1CC1. The zero-order valence-electron chi connectivity index (χ0n) is 29.8. The van der Waals surface area contributed by atoms with E-state index in [9.17, 15) is 28.8 Å². The Morgan fingerprint density at radius 1 is 0.959 bits per heavy atom. The van der Waals surface area contributed by atoms with Gasteiger partial charge in [0.2, 0.25) is 23.5 Å². The molecule has 0 unspecified atom stereocenters. The van der Waals surface area contributed by atoms with Gasteiger partial charge >= 0.3 is 0 Å². The van der Waals surface area contributed by atoms with Crippen molar-refractivity contribution >= 4 is 35.3 Å². The van der Waals surface area contributed by atoms with Gasteiger partial charge in [-0.25, -0.2) is 0 Å². The smallest absolute Gasteiger partial charge is 0.289 e. The molecule has 4 N–H and O–H groups in total. The van der Waals surface area contributed by atoms with E-state index in [1.807, 2.05) is 27.7 Å². The molecule has 1 aromatic rings. The average molecular weight is 679 g/mol. The number of Topliss-reactive ketones (excluding diaryl/α,β-unsaturated/α-hetero) is 1. The van der Waals surface area contributed by atoms with Crippen molar-refractivity contribution in [1.82, 2.24) is 31.2 Å². The first-order chi connectivity index (χ1) is 23.1. The lowest BCUT2D eigenvalue weighted by molar-refractivity contribution is -0.147. The number of carbonyl (C=O) groups is 6. The number of ketones is 1. The van der Waals surface area contributed by atoms with Crippen LogP contribution in [0.5, 0.6) is 0 Å². The molecular weight excluding hydrogens is 624 g/mol. The Kier molecular flexibility index (Phi) is 10.8. The summed E-state index contributed by atoms with van der Waals surface area (Å²) in [5, 5.41) is 11.5. The minimum absolute atomic E-state index is 0.0102. The predicted molar refractivity (Wildman–Crippen MR) is 183 cm³/mol. The standard InChI is InChI=1S/C37H54N6O6/c1-7-13-24(29(44)34(48)39-22-17-18-22)40-33(47)28-26-23(37(26,5)6)20-43(28)35(49)30(36(2,3)4)42-32(46)27(21-14-9-8-10-15-21)41-31(45)25-16-11-12-19-38-25/h11-12,16,19,21-24,26-28,30H,7-10,13-15,17-18,20H2,1-6H3,(H,39,48)(H,40,47)(H,41,45)(H,42,46)/t23-,24-,26-,27-,28-,30+/m0/s1. The van der Waals surface area contributed by atoms with Crippen molar-refractivity contribution < 1.29 is 28.8 Å². The fourth-order valence-electron chi connectivity index (χ4n) is 7.89. The van der Waals surface area contributed by atoms with Gasteiger partial charge < -0.3 is 26.2 Å². The minimum atomic E-state index is -0.994. The molecule has 1 saturated heterocycles. The maximum atomic E-state index is 14.5. The van der Waals surface area contributed by atoms with Crippen LogP contribution in [0.15, 0.2) is 24.4 Å². The second-order valence-electron chi connectivity index (χ2n) is 16.2. The quantitative estimate of drug-likeness (QED) is 0.233. The second-order valence-corrected chi connectivity index (χ2v) is 16.2. The fourth-order valence-corrected chi connectivity index (χ4v) is 7.89. The van der Waals surface area contributed by atoms with E-state index in [-0.39, 0.29) is 40.8 Å². The number of nitrogens with one attached hydrogen (secondary N) is 4. The van der Waals surface area contributed by atoms with Crippen LogP contribution in [-0.2, 0) is 24.0 Å². The number of fused-ring (bicyclic) bond motifs is 1. The van der Waals surface area contributed by atoms with Gasteiger partial charge in [-0.1, -0.05) is 73.3 Å². The maximum absolute atomic E-state index is 14.5. The van der Waals surface area contributed by atoms with Gasteiger partial charge in [-0.2, -0.15) is 0 Å². The number of nitrogens with zero attached hydrogens (tertiary/aromatic N) is 2. The molecule has 49 heavy (non-hydrogen) atoms. The Morgan fingerprint density at radius 2 is 1.65 bits per heavy atom. The molecule has 6 atom stereocenters. The second kappa shape index (κ2) is 14.6. The van der Waals surface area contributed by atoms with Crippen molar-refractivity contribution in [3.05, 3.63) is 30.1 Å². The highest BCUT2D eigenvalue weighted by Crippen LogP contribution is 2.65. The number of hydrogen-bond donors (Lipinski definition) is 4. The van der Waals surface area contributed by atoms with Gasteiger partial charge in [0.15, 0.2) is 0 Å². The van der Waals surface area contributed by atoms with Crippen molar-refractivity contribution in [3.63, 3.8) is 0 Å². The van der Waals surface area contributed by atoms with Crippen molar-refractivity contribution in [2.45, 2.75) is 130 Å². The molecule has 1 aliphatic heterocycles. The van der Waals surface area contributed by atoms with Gasteiger partial charge in [-0.15, -0.1) is 0 Å². The van der Waals surface area contributed by atoms with Crippen LogP contribution in [0.2, 0.25) is 0 Å². The largest absolute Gasteiger partial charge is 0.347 e. The van der Waals surface area contributed by atoms with E-state index in [1.54, 1.807) is 23.1 Å². The van der Waals surface area contributed by atoms with E-state index < -0.39 is 59.0 Å². The van der Waals surface area contributed by atoms with Gasteiger partial charge in [-0.3, -0.25) is 33.8 Å². The molecule has 5 amide bonds. The first-order valence-electron chi connectivity index (χ1n) is 18.1. The maximum Gasteiger partial charge on any atom is 0.289 e. The molecule has 268 valence electrons. The molecule has 2 heterocycles. The lowest BCUT2D eigenvalue weighted by atomic mass is 9.82. The number of rotatable bonds is 13. The van der Waals surface area contributed by atoms with Crippen LogP contribution in [0.3, 0.4) is 0 Å². The van der Waals surface area contributed by atoms with Crippen LogP contribution in [0.4, 0.5) is 0 Å². The van der Waals surface area contributed by atoms with Crippen LogP contribution in [0.1, 0.15) is 110 Å². The Bertz CT molecular complexity index is 1430. The van der Waals surface area contributed by atoms with Crippen LogP contribution >= 0.6 is 0 Å². The Morgan fingerprint density at radius 3 is 2.24 bits per heavy atom. The van der Waals surface area contributed by atoms with Gasteiger partial charge in [0, 0.05) is 18.8 Å². The van der Waals surface area contributed by atoms with Gasteiger partial charge in [0.1, 0.15) is 23.8 Å². The third kappa shape index (κ3) is 8.15. The van der Waals surface area contributed by atoms with E-state index in [4.69, 9.17) is 0 Å². The fraction of sp³-hybridized carbons (Fsp3) is 0.703. The Balaban J connectivity index is 1.35. The Hall–Kier alpha value is -3.83. The number of carbonyl (C=O) groups excluding carboxylic acids is 6. The summed E-state index contributed by atoms with van der Waals surface area (Å²) in [6, 6.07) is 1.32. The highest BCUT2D eigenvalue weighted by Gasteiger charge is 2.70. The number of amides is 5. The number of aromatic nitrogens is 1. The molecule has 12 heteroatoms. The summed E-state index contributed by atoms with van der Waals surface area (Å²) in [6.07, 6.45) is 8.59. The van der Waals surface area contributed by atoms with Crippen molar-refractivity contribution in [1.29, 1.82) is 0 Å². The first-order valence-corrected chi connectivity index (χ1v) is 18.1. The lowest BCUT2D eigenvalue weighted by Crippen LogP contribution is -2.62. The number of pyridine rings is 1. The highest BCUT2D eigenvalue weighted by molar-refractivity contribution is 6.38. The van der Waals surface area contributed by atoms with Crippen LogP contribution in [0, 0.1) is 28.6 Å². The number of piperidine rings is 1. The minimum Gasteiger partial charge on any atom is -0.347 e. The third-order valence-corrected chi connectivity index (χ3v) is 11.1. The normalized spacial score (nSPS) is 24.9. The monoisotopic (exact) mass is 678 g/mol. The van der Waals surface area contributed by atoms with Crippen molar-refractivity contribution in [2.24, 2.45) is 28.6 Å². The van der Waals surface area contributed by atoms with Crippen LogP contribution in [-0.4, -0.2) is 82.0 Å². The molecule has 4 fully saturated rings. The van der Waals surface area contributed by atoms with Crippen molar-refractivity contribution in [3.8, 4) is 0 Å². The van der Waals surface area contributed by atoms with Crippen LogP contribution in [0.25, 0.3) is 0 Å². The summed E-state index contributed by atoms with van der Waals surface area (Å²) in [7, 11) is 0. The predicted octanol–water partition coefficient (Wildman–Crippen LogP) is 2.91. The summed E-state index contributed by atoms with van der Waals surface area (Å²) < 4.78 is 0. The molecule has 3 aliphatic carbocycles. The van der Waals surface area contributed by atoms with E-state index in [2.05, 4.69) is 40.1 Å². The molecule has 3 saturated carbocycles. The van der Waals surface area contributed by atoms with Gasteiger partial charge in [0.05, 0.1) is 6.04 Å². The van der Waals surface area contributed by atoms with Crippen molar-refractivity contribution in [2.75, 3.05) is 6.54 Å². The van der Waals surface area contributed by atoms with Crippen LogP contribution < -0.4 is 21.3 Å². The number of likely N-dealkylation sites (tertiary alicyclic amines) is 1. The Labute approximate surface area is 289 Å². The number of hydrogen-bond acceptors (Lipinski definition) is 7. The van der Waals surface area contributed by atoms with E-state index >= 15 is 0 Å². The van der Waals surface area contributed by atoms with E-state index in [1.165, 1.54) is 6.20 Å². The molecule has 0 spiro atoms. The molecule has 0 bridgehead atoms. The van der Waals surface area contributed by atoms with E-state index in [0.717, 1.165) is 44.9 Å². The topological polar surface area (TPSA) is 167 Å². The zero-order chi connectivity index (χ0) is 35.7. The molecule has 4 aliphatic rings. The molecule has 1 aromatic heterocycles. The van der Waals surface area contributed by atoms with E-state index in [0.29, 0.717) is 19.4 Å². The first kappa shape index (κ1) is 36.5. The molecule has 12 nitrogen and oxygen atoms in total. The summed E-state index contributed by atoms with van der Waals surface area (Å²) in [5.41, 5.74) is -0.716. The molecule has 0 radical (unpaired) electrons. The summed E-state index contributed by atoms with van der Waals surface area (Å²) in [5.74, 6) is -3.24. The average Bonchev–Trinajstić information content (AvgIpc) is 3.92. The van der Waals surface area contributed by atoms with Gasteiger partial charge in [0.25, 0.3) is 11.8 Å². The highest BCUT2D eigenvalue weighted by atomic mass is 16.2.